The summed E-state index contributed by atoms with van der Waals surface area (Å²) in [5.74, 6) is -2.60. The first-order valence-corrected chi connectivity index (χ1v) is 7.98. The van der Waals surface area contributed by atoms with Crippen molar-refractivity contribution >= 4 is 5.78 Å². The van der Waals surface area contributed by atoms with Gasteiger partial charge in [-0.05, 0) is 24.0 Å². The van der Waals surface area contributed by atoms with Gasteiger partial charge in [-0.3, -0.25) is 4.79 Å². The Labute approximate surface area is 134 Å². The monoisotopic (exact) mass is 324 g/mol. The molecule has 0 radical (unpaired) electrons. The molecule has 3 aliphatic carbocycles. The summed E-state index contributed by atoms with van der Waals surface area (Å²) in [6.45, 7) is 3.01. The van der Waals surface area contributed by atoms with Gasteiger partial charge in [0.15, 0.2) is 5.78 Å². The van der Waals surface area contributed by atoms with Crippen molar-refractivity contribution < 1.29 is 30.3 Å². The molecule has 0 aromatic rings. The van der Waals surface area contributed by atoms with E-state index in [-0.39, 0.29) is 25.2 Å². The number of hydrogen-bond acceptors (Lipinski definition) is 6. The molecule has 7 atom stereocenters. The molecule has 0 spiro atoms. The molecule has 5 N–H and O–H groups in total. The molecule has 3 rings (SSSR count). The molecule has 0 aliphatic heterocycles. The van der Waals surface area contributed by atoms with Crippen molar-refractivity contribution in [1.29, 1.82) is 0 Å². The molecule has 0 heterocycles. The van der Waals surface area contributed by atoms with E-state index < -0.39 is 41.2 Å². The van der Waals surface area contributed by atoms with E-state index in [0.29, 0.717) is 11.1 Å². The van der Waals surface area contributed by atoms with Crippen molar-refractivity contribution in [3.8, 4) is 0 Å². The largest absolute Gasteiger partial charge is 0.392 e. The van der Waals surface area contributed by atoms with Gasteiger partial charge in [-0.2, -0.15) is 0 Å². The van der Waals surface area contributed by atoms with Crippen molar-refractivity contribution in [2.24, 2.45) is 17.8 Å². The normalized spacial score (nSPS) is 49.9. The van der Waals surface area contributed by atoms with Gasteiger partial charge >= 0.3 is 0 Å². The molecular formula is C17H24O6. The quantitative estimate of drug-likeness (QED) is 0.407. The Bertz CT molecular complexity index is 596. The molecule has 128 valence electrons. The molecule has 1 saturated carbocycles. The Morgan fingerprint density at radius 1 is 1.26 bits per heavy atom. The third-order valence-electron chi connectivity index (χ3n) is 6.00. The summed E-state index contributed by atoms with van der Waals surface area (Å²) < 4.78 is 0. The zero-order chi connectivity index (χ0) is 17.2. The van der Waals surface area contributed by atoms with Gasteiger partial charge in [-0.1, -0.05) is 19.1 Å². The lowest BCUT2D eigenvalue weighted by atomic mass is 9.59. The van der Waals surface area contributed by atoms with Gasteiger partial charge in [-0.25, -0.2) is 0 Å². The number of aliphatic hydroxyl groups is 5. The predicted molar refractivity (Wildman–Crippen MR) is 81.2 cm³/mol. The Hall–Kier alpha value is -1.05. The van der Waals surface area contributed by atoms with Crippen molar-refractivity contribution in [3.05, 3.63) is 23.3 Å². The van der Waals surface area contributed by atoms with Crippen molar-refractivity contribution in [3.63, 3.8) is 0 Å². The maximum absolute atomic E-state index is 12.0. The van der Waals surface area contributed by atoms with Crippen LogP contribution in [0.2, 0.25) is 0 Å². The van der Waals surface area contributed by atoms with Gasteiger partial charge < -0.3 is 25.5 Å². The molecule has 2 unspecified atom stereocenters. The summed E-state index contributed by atoms with van der Waals surface area (Å²) in [5, 5.41) is 52.9. The first kappa shape index (κ1) is 16.8. The summed E-state index contributed by atoms with van der Waals surface area (Å²) in [6, 6.07) is 0. The van der Waals surface area contributed by atoms with Crippen LogP contribution in [0, 0.1) is 17.8 Å². The van der Waals surface area contributed by atoms with E-state index in [1.54, 1.807) is 19.9 Å². The summed E-state index contributed by atoms with van der Waals surface area (Å²) in [5.41, 5.74) is -2.28. The van der Waals surface area contributed by atoms with E-state index in [1.165, 1.54) is 6.08 Å². The highest BCUT2D eigenvalue weighted by Crippen LogP contribution is 2.55. The Morgan fingerprint density at radius 2 is 1.91 bits per heavy atom. The van der Waals surface area contributed by atoms with Crippen LogP contribution >= 0.6 is 0 Å². The molecule has 0 bridgehead atoms. The van der Waals surface area contributed by atoms with Crippen LogP contribution in [0.5, 0.6) is 0 Å². The van der Waals surface area contributed by atoms with Crippen LogP contribution < -0.4 is 0 Å². The zero-order valence-electron chi connectivity index (χ0n) is 13.3. The molecule has 0 aromatic heterocycles. The van der Waals surface area contributed by atoms with E-state index >= 15 is 0 Å². The number of ketones is 1. The number of carbonyl (C=O) groups excluding carboxylic acids is 1. The minimum Gasteiger partial charge on any atom is -0.392 e. The van der Waals surface area contributed by atoms with E-state index in [0.717, 1.165) is 0 Å². The molecule has 0 saturated heterocycles. The maximum Gasteiger partial charge on any atom is 0.162 e. The van der Waals surface area contributed by atoms with Gasteiger partial charge in [0.1, 0.15) is 17.8 Å². The van der Waals surface area contributed by atoms with Crippen LogP contribution in [0.4, 0.5) is 0 Å². The number of hydrogen-bond donors (Lipinski definition) is 5. The highest BCUT2D eigenvalue weighted by Gasteiger charge is 2.64. The van der Waals surface area contributed by atoms with Gasteiger partial charge in [0.05, 0.1) is 12.2 Å². The molecular weight excluding hydrogens is 300 g/mol. The zero-order valence-corrected chi connectivity index (χ0v) is 13.3. The van der Waals surface area contributed by atoms with E-state index in [1.807, 2.05) is 0 Å². The SMILES string of the molecule is CC1=C[C@H]2[C@@]3(O)[C@H](C)CC(=O)C(O)[C@@H]3C=C(CO)C[C@]2(O)C1O. The second-order valence-electron chi connectivity index (χ2n) is 7.37. The van der Waals surface area contributed by atoms with Gasteiger partial charge in [-0.15, -0.1) is 0 Å². The standard InChI is InChI=1S/C17H24O6/c1-8-3-13-16(22,15(8)21)6-10(7-18)5-11-14(20)12(19)4-9(2)17(11,13)23/h3,5,9,11,13-15,18,20-23H,4,6-7H2,1-2H3/t9-,11+,13-,14?,15?,16-,17-/m1/s1. The topological polar surface area (TPSA) is 118 Å². The van der Waals surface area contributed by atoms with Crippen LogP contribution in [-0.2, 0) is 4.79 Å². The van der Waals surface area contributed by atoms with Crippen LogP contribution in [0.3, 0.4) is 0 Å². The van der Waals surface area contributed by atoms with Crippen LogP contribution in [0.1, 0.15) is 26.7 Å². The van der Waals surface area contributed by atoms with Gasteiger partial charge in [0, 0.05) is 24.7 Å². The summed E-state index contributed by atoms with van der Waals surface area (Å²) in [7, 11) is 0. The third-order valence-corrected chi connectivity index (χ3v) is 6.00. The molecule has 3 aliphatic rings. The predicted octanol–water partition coefficient (Wildman–Crippen LogP) is -0.706. The van der Waals surface area contributed by atoms with E-state index in [2.05, 4.69) is 0 Å². The first-order valence-electron chi connectivity index (χ1n) is 7.98. The van der Waals surface area contributed by atoms with E-state index in [9.17, 15) is 30.3 Å². The minimum absolute atomic E-state index is 0.00598. The molecule has 1 fully saturated rings. The second kappa shape index (κ2) is 5.22. The fourth-order valence-electron chi connectivity index (χ4n) is 4.69. The van der Waals surface area contributed by atoms with Crippen LogP contribution in [0.15, 0.2) is 23.3 Å². The number of carbonyl (C=O) groups is 1. The first-order chi connectivity index (χ1) is 10.7. The summed E-state index contributed by atoms with van der Waals surface area (Å²) in [6.07, 6.45) is 0.593. The average Bonchev–Trinajstić information content (AvgIpc) is 2.66. The lowest BCUT2D eigenvalue weighted by Crippen LogP contribution is -2.64. The fourth-order valence-corrected chi connectivity index (χ4v) is 4.69. The average molecular weight is 324 g/mol. The van der Waals surface area contributed by atoms with Crippen molar-refractivity contribution in [2.45, 2.75) is 50.1 Å². The van der Waals surface area contributed by atoms with Gasteiger partial charge in [0.2, 0.25) is 0 Å². The molecule has 23 heavy (non-hydrogen) atoms. The van der Waals surface area contributed by atoms with Gasteiger partial charge in [0.25, 0.3) is 0 Å². The lowest BCUT2D eigenvalue weighted by Gasteiger charge is -2.51. The number of aliphatic hydroxyl groups excluding tert-OH is 3. The van der Waals surface area contributed by atoms with E-state index in [4.69, 9.17) is 0 Å². The Kier molecular flexibility index (Phi) is 3.82. The highest BCUT2D eigenvalue weighted by molar-refractivity contribution is 5.85. The highest BCUT2D eigenvalue weighted by atomic mass is 16.4. The Morgan fingerprint density at radius 3 is 2.52 bits per heavy atom. The number of rotatable bonds is 1. The second-order valence-corrected chi connectivity index (χ2v) is 7.37. The smallest absolute Gasteiger partial charge is 0.162 e. The Balaban J connectivity index is 2.20. The summed E-state index contributed by atoms with van der Waals surface area (Å²) in [4.78, 5) is 12.0. The molecule has 6 nitrogen and oxygen atoms in total. The molecule has 0 amide bonds. The molecule has 6 heteroatoms. The van der Waals surface area contributed by atoms with Crippen molar-refractivity contribution in [2.75, 3.05) is 6.61 Å². The minimum atomic E-state index is -1.66. The fraction of sp³-hybridized carbons (Fsp3) is 0.706. The van der Waals surface area contributed by atoms with Crippen molar-refractivity contribution in [1.82, 2.24) is 0 Å². The maximum atomic E-state index is 12.0. The molecule has 0 aromatic carbocycles. The van der Waals surface area contributed by atoms with Crippen LogP contribution in [0.25, 0.3) is 0 Å². The number of fused-ring (bicyclic) bond motifs is 3. The summed E-state index contributed by atoms with van der Waals surface area (Å²) >= 11 is 0. The van der Waals surface area contributed by atoms with Crippen LogP contribution in [-0.4, -0.2) is 61.3 Å². The third kappa shape index (κ3) is 2.09. The lowest BCUT2D eigenvalue weighted by molar-refractivity contribution is -0.195. The number of Topliss-reactive ketones (excluding diaryl/α,β-unsaturated/α-hetero) is 1.